The number of ether oxygens (including phenoxy) is 1. The van der Waals surface area contributed by atoms with Crippen LogP contribution in [0.25, 0.3) is 0 Å². The topological polar surface area (TPSA) is 72.5 Å². The van der Waals surface area contributed by atoms with Crippen molar-refractivity contribution in [1.29, 1.82) is 0 Å². The number of aromatic nitrogens is 4. The third-order valence-electron chi connectivity index (χ3n) is 4.53. The van der Waals surface area contributed by atoms with Crippen LogP contribution in [0.4, 0.5) is 0 Å². The van der Waals surface area contributed by atoms with E-state index < -0.39 is 0 Å². The Labute approximate surface area is 161 Å². The van der Waals surface area contributed by atoms with Gasteiger partial charge in [0.2, 0.25) is 0 Å². The highest BCUT2D eigenvalue weighted by Crippen LogP contribution is 2.21. The minimum atomic E-state index is 0.0132. The molecular weight excluding hydrogens is 342 g/mol. The Morgan fingerprint density at radius 2 is 2.30 bits per heavy atom. The largest absolute Gasteiger partial charge is 0.370 e. The van der Waals surface area contributed by atoms with Gasteiger partial charge in [-0.15, -0.1) is 0 Å². The van der Waals surface area contributed by atoms with Crippen molar-refractivity contribution in [2.45, 2.75) is 40.0 Å². The molecule has 0 saturated carbocycles. The summed E-state index contributed by atoms with van der Waals surface area (Å²) in [5.41, 5.74) is 1.10. The Morgan fingerprint density at radius 1 is 1.44 bits per heavy atom. The van der Waals surface area contributed by atoms with Crippen molar-refractivity contribution in [2.24, 2.45) is 18.0 Å². The standard InChI is InChI=1S/C19H31N7O/c1-5-20-19(22-11-18-21-6-7-25(18)12-15(2)3)26-8-9-27-17(14-26)16-10-23-24(4)13-16/h6-7,10,13,15,17H,5,8-9,11-12,14H2,1-4H3,(H,20,22). The minimum Gasteiger partial charge on any atom is -0.370 e. The van der Waals surface area contributed by atoms with Crippen LogP contribution >= 0.6 is 0 Å². The number of imidazole rings is 1. The number of hydrogen-bond donors (Lipinski definition) is 1. The van der Waals surface area contributed by atoms with Gasteiger partial charge in [0.15, 0.2) is 5.96 Å². The summed E-state index contributed by atoms with van der Waals surface area (Å²) < 4.78 is 9.96. The first kappa shape index (κ1) is 19.4. The Bertz CT molecular complexity index is 749. The van der Waals surface area contributed by atoms with Crippen molar-refractivity contribution in [1.82, 2.24) is 29.5 Å². The fourth-order valence-corrected chi connectivity index (χ4v) is 3.27. The summed E-state index contributed by atoms with van der Waals surface area (Å²) in [4.78, 5) is 11.6. The van der Waals surface area contributed by atoms with Gasteiger partial charge < -0.3 is 19.5 Å². The van der Waals surface area contributed by atoms with Crippen LogP contribution in [-0.2, 0) is 24.9 Å². The molecule has 1 aliphatic rings. The number of morpholine rings is 1. The number of hydrogen-bond acceptors (Lipinski definition) is 4. The summed E-state index contributed by atoms with van der Waals surface area (Å²) in [7, 11) is 1.93. The maximum absolute atomic E-state index is 5.95. The molecule has 0 bridgehead atoms. The molecule has 8 heteroatoms. The fourth-order valence-electron chi connectivity index (χ4n) is 3.27. The third-order valence-corrected chi connectivity index (χ3v) is 4.53. The van der Waals surface area contributed by atoms with Crippen LogP contribution in [0, 0.1) is 5.92 Å². The molecule has 148 valence electrons. The highest BCUT2D eigenvalue weighted by atomic mass is 16.5. The Morgan fingerprint density at radius 3 is 3.00 bits per heavy atom. The van der Waals surface area contributed by atoms with E-state index in [9.17, 15) is 0 Å². The van der Waals surface area contributed by atoms with Gasteiger partial charge in [0.25, 0.3) is 0 Å². The van der Waals surface area contributed by atoms with Crippen LogP contribution in [0.3, 0.4) is 0 Å². The van der Waals surface area contributed by atoms with E-state index >= 15 is 0 Å². The summed E-state index contributed by atoms with van der Waals surface area (Å²) in [6, 6.07) is 0. The van der Waals surface area contributed by atoms with Crippen molar-refractivity contribution in [2.75, 3.05) is 26.2 Å². The van der Waals surface area contributed by atoms with Gasteiger partial charge >= 0.3 is 0 Å². The predicted octanol–water partition coefficient (Wildman–Crippen LogP) is 1.81. The van der Waals surface area contributed by atoms with Crippen LogP contribution in [0.5, 0.6) is 0 Å². The van der Waals surface area contributed by atoms with Crippen LogP contribution < -0.4 is 5.32 Å². The molecule has 2 aromatic heterocycles. The number of nitrogens with one attached hydrogen (secondary N) is 1. The van der Waals surface area contributed by atoms with E-state index in [0.717, 1.165) is 43.5 Å². The second-order valence-corrected chi connectivity index (χ2v) is 7.31. The zero-order valence-electron chi connectivity index (χ0n) is 16.8. The molecule has 8 nitrogen and oxygen atoms in total. The smallest absolute Gasteiger partial charge is 0.194 e. The number of aryl methyl sites for hydroxylation is 1. The van der Waals surface area contributed by atoms with Gasteiger partial charge in [-0.2, -0.15) is 5.10 Å². The maximum atomic E-state index is 5.95. The average molecular weight is 374 g/mol. The van der Waals surface area contributed by atoms with Crippen LogP contribution in [0.15, 0.2) is 29.8 Å². The summed E-state index contributed by atoms with van der Waals surface area (Å²) in [5.74, 6) is 2.49. The molecule has 1 aliphatic heterocycles. The van der Waals surface area contributed by atoms with Crippen LogP contribution in [-0.4, -0.2) is 56.4 Å². The fraction of sp³-hybridized carbons (Fsp3) is 0.632. The predicted molar refractivity (Wildman–Crippen MR) is 105 cm³/mol. The Kier molecular flexibility index (Phi) is 6.49. The summed E-state index contributed by atoms with van der Waals surface area (Å²) in [6.07, 6.45) is 7.79. The molecule has 1 saturated heterocycles. The van der Waals surface area contributed by atoms with Gasteiger partial charge in [-0.3, -0.25) is 4.68 Å². The van der Waals surface area contributed by atoms with Crippen molar-refractivity contribution in [3.8, 4) is 0 Å². The van der Waals surface area contributed by atoms with Crippen molar-refractivity contribution in [3.05, 3.63) is 36.2 Å². The molecule has 0 spiro atoms. The molecule has 1 unspecified atom stereocenters. The van der Waals surface area contributed by atoms with Gasteiger partial charge in [-0.05, 0) is 12.8 Å². The lowest BCUT2D eigenvalue weighted by Crippen LogP contribution is -2.48. The molecule has 1 N–H and O–H groups in total. The second kappa shape index (κ2) is 9.03. The quantitative estimate of drug-likeness (QED) is 0.618. The van der Waals surface area contributed by atoms with Crippen molar-refractivity contribution < 1.29 is 4.74 Å². The average Bonchev–Trinajstić information content (AvgIpc) is 3.27. The normalized spacial score (nSPS) is 18.3. The molecule has 0 aromatic carbocycles. The zero-order valence-corrected chi connectivity index (χ0v) is 16.8. The van der Waals surface area contributed by atoms with Crippen LogP contribution in [0.1, 0.15) is 38.3 Å². The first-order chi connectivity index (χ1) is 13.1. The minimum absolute atomic E-state index is 0.0132. The molecule has 3 heterocycles. The Hall–Kier alpha value is -2.35. The Balaban J connectivity index is 1.70. The third kappa shape index (κ3) is 5.09. The van der Waals surface area contributed by atoms with E-state index in [0.29, 0.717) is 19.1 Å². The van der Waals surface area contributed by atoms with E-state index in [4.69, 9.17) is 9.73 Å². The molecule has 0 aliphatic carbocycles. The van der Waals surface area contributed by atoms with Gasteiger partial charge in [0.1, 0.15) is 18.5 Å². The molecule has 1 atom stereocenters. The van der Waals surface area contributed by atoms with Crippen molar-refractivity contribution in [3.63, 3.8) is 0 Å². The maximum Gasteiger partial charge on any atom is 0.194 e. The van der Waals surface area contributed by atoms with Gasteiger partial charge in [0, 0.05) is 50.8 Å². The van der Waals surface area contributed by atoms with Crippen LogP contribution in [0.2, 0.25) is 0 Å². The van der Waals surface area contributed by atoms with E-state index in [1.54, 1.807) is 0 Å². The van der Waals surface area contributed by atoms with Gasteiger partial charge in [0.05, 0.1) is 19.3 Å². The van der Waals surface area contributed by atoms with Gasteiger partial charge in [-0.1, -0.05) is 13.8 Å². The monoisotopic (exact) mass is 373 g/mol. The number of aliphatic imine (C=N–C) groups is 1. The zero-order chi connectivity index (χ0) is 19.2. The number of rotatable bonds is 6. The van der Waals surface area contributed by atoms with E-state index in [1.165, 1.54) is 0 Å². The molecule has 1 fully saturated rings. The first-order valence-electron chi connectivity index (χ1n) is 9.70. The summed E-state index contributed by atoms with van der Waals surface area (Å²) in [6.45, 7) is 11.1. The second-order valence-electron chi connectivity index (χ2n) is 7.31. The number of nitrogens with zero attached hydrogens (tertiary/aromatic N) is 6. The molecular formula is C19H31N7O. The lowest BCUT2D eigenvalue weighted by Gasteiger charge is -2.34. The highest BCUT2D eigenvalue weighted by Gasteiger charge is 2.25. The number of guanidine groups is 1. The van der Waals surface area contributed by atoms with E-state index in [-0.39, 0.29) is 6.10 Å². The molecule has 27 heavy (non-hydrogen) atoms. The molecule has 2 aromatic rings. The summed E-state index contributed by atoms with van der Waals surface area (Å²) >= 11 is 0. The molecule has 0 radical (unpaired) electrons. The van der Waals surface area contributed by atoms with E-state index in [1.807, 2.05) is 36.5 Å². The SMILES string of the molecule is CCNC(=NCc1nccn1CC(C)C)N1CCOC(c2cnn(C)c2)C1. The highest BCUT2D eigenvalue weighted by molar-refractivity contribution is 5.80. The molecule has 0 amide bonds. The van der Waals surface area contributed by atoms with Crippen molar-refractivity contribution >= 4 is 5.96 Å². The summed E-state index contributed by atoms with van der Waals surface area (Å²) in [5, 5.41) is 7.68. The molecule has 3 rings (SSSR count). The first-order valence-corrected chi connectivity index (χ1v) is 9.70. The van der Waals surface area contributed by atoms with Gasteiger partial charge in [-0.25, -0.2) is 9.98 Å². The lowest BCUT2D eigenvalue weighted by molar-refractivity contribution is -0.00805. The van der Waals surface area contributed by atoms with E-state index in [2.05, 4.69) is 45.6 Å². The lowest BCUT2D eigenvalue weighted by atomic mass is 10.1.